The fourth-order valence-corrected chi connectivity index (χ4v) is 23.0. The molecule has 1 aromatic rings. The summed E-state index contributed by atoms with van der Waals surface area (Å²) >= 11 is 0. The average Bonchev–Trinajstić information content (AvgIpc) is 0.772. The molecule has 6 aliphatic heterocycles. The number of ether oxygens (including phenoxy) is 13. The van der Waals surface area contributed by atoms with E-state index < -0.39 is 234 Å². The number of hydrogen-bond donors (Lipinski definition) is 5. The smallest absolute Gasteiger partial charge is 0.408 e. The van der Waals surface area contributed by atoms with E-state index in [1.54, 1.807) is 99.9 Å². The SMILES string of the molecule is CO[C@H]1C[C@@H]2CC[C@@H](C)[C@@](O)(O2)C(=O)C(=O)N2CCCC[C@H]2C(=O)O[C@H]([C@H](C)C[C@@H]2CC[C@@H](OC(=O)CCC(NC(=O)OCc3ccccc3)C(=O)O[C@@H]3CC[C@@H](C[C@@H](C)[C@@H]4CC(=O)[C@H](C)CC(C)[C@@H](O)[C@@H](OC)C(=O)[C@H](C)C[C@H](C)/C=C/C=C/C=C(\C)[C@@H](OC)C[C@@H]5CC[C@@H](C)[C@@](O)(O5)C(=O)C(=O)N5CCCC[C@H]5C(=O)O4)C[C@H]3OC)[C@H](OC)C2)CC(=O)[C@H](C)CC(C)[C@@H](O)[C@@H](OC)C(=O)[C@H](C)C[C@H](C)/C=C/C=C/C=C/1C. The monoisotopic (exact) mass is 2080 g/mol. The van der Waals surface area contributed by atoms with E-state index in [0.29, 0.717) is 108 Å². The predicted octanol–water partition coefficient (Wildman–Crippen LogP) is 14.7. The zero-order valence-corrected chi connectivity index (χ0v) is 91.3. The Morgan fingerprint density at radius 1 is 0.466 bits per heavy atom. The van der Waals surface area contributed by atoms with Gasteiger partial charge in [-0.1, -0.05) is 174 Å². The summed E-state index contributed by atoms with van der Waals surface area (Å²) in [4.78, 5) is 192. The van der Waals surface area contributed by atoms with Crippen molar-refractivity contribution < 1.29 is 144 Å². The van der Waals surface area contributed by atoms with Crippen molar-refractivity contribution in [3.05, 3.63) is 108 Å². The van der Waals surface area contributed by atoms with E-state index in [4.69, 9.17) is 61.6 Å². The Labute approximate surface area is 876 Å². The number of nitrogens with one attached hydrogen (secondary N) is 1. The van der Waals surface area contributed by atoms with Crippen molar-refractivity contribution in [2.45, 2.75) is 398 Å². The van der Waals surface area contributed by atoms with Crippen LogP contribution in [0.2, 0.25) is 0 Å². The molecule has 148 heavy (non-hydrogen) atoms. The van der Waals surface area contributed by atoms with Crippen molar-refractivity contribution in [1.29, 1.82) is 0 Å². The van der Waals surface area contributed by atoms with Crippen LogP contribution in [0, 0.1) is 82.9 Å². The van der Waals surface area contributed by atoms with Crippen molar-refractivity contribution in [1.82, 2.24) is 15.1 Å². The van der Waals surface area contributed by atoms with Gasteiger partial charge in [0.05, 0.1) is 48.8 Å². The van der Waals surface area contributed by atoms with E-state index in [1.165, 1.54) is 28.4 Å². The lowest BCUT2D eigenvalue weighted by atomic mass is 9.78. The van der Waals surface area contributed by atoms with Gasteiger partial charge in [-0.05, 0) is 226 Å². The number of piperidine rings is 2. The summed E-state index contributed by atoms with van der Waals surface area (Å²) in [6, 6.07) is 4.80. The number of carbonyl (C=O) groups is 13. The maximum absolute atomic E-state index is 15.1. The van der Waals surface area contributed by atoms with Crippen LogP contribution in [0.3, 0.4) is 0 Å². The van der Waals surface area contributed by atoms with E-state index in [1.807, 2.05) is 102 Å². The van der Waals surface area contributed by atoms with Gasteiger partial charge in [0.2, 0.25) is 11.6 Å². The third kappa shape index (κ3) is 34.1. The average molecular weight is 2080 g/mol. The third-order valence-corrected chi connectivity index (χ3v) is 32.7. The van der Waals surface area contributed by atoms with Crippen LogP contribution in [-0.2, 0) is 126 Å². The molecular formula is C115H173N3O30. The summed E-state index contributed by atoms with van der Waals surface area (Å²) in [6.07, 6.45) is 11.8. The molecule has 1 aromatic carbocycles. The number of cyclic esters (lactones) is 2. The standard InChI is InChI=1S/C115H173N3O30/c1-67-34-24-21-26-36-69(3)93(136-15)62-84-46-42-79(13)114(134,147-84)106(126)108(128)117-52-32-30-40-87(117)111(131)145-95(64-89(119)71(5)56-77(11)102(124)104(140-19)100(122)75(9)54-67)73(7)58-82-44-49-91(97(60-82)138-17)143-99(121)51-48-86(116-113(133)142-66-81-38-28-23-29-39-81)110(130)144-92-50-45-83(61-98(92)139-18)59-74(8)96-65-90(120)72(6)57-78(12)103(125)105(141-20)101(123)76(10)55-68(2)35-25-22-27-37-70(4)94(137-16)63-85-47-43-80(14)115(135,148-85)107(127)109(129)118-53-33-31-41-88(118)112(132)146-96/h21-29,34-39,67-68,71-80,82-88,91-98,102-105,124-125,134-135H,30-33,40-66H2,1-20H3,(H,116,133)/b26-21+,27-22+,34-24+,35-25+,69-36+,70-37+/t67-,68-,71-,72-,73-,74-,75-,76-,77?,78?,79-,80-,82+,83+,84+,85+,86?,87+,88+,91-,92-,93+,94+,95+,96+,97-,98-,102-,103-,104+,105+,114-,115-/m1/s1. The van der Waals surface area contributed by atoms with E-state index in [-0.39, 0.29) is 137 Å². The lowest BCUT2D eigenvalue weighted by molar-refractivity contribution is -0.265. The van der Waals surface area contributed by atoms with Crippen LogP contribution in [0.15, 0.2) is 102 Å². The number of ketones is 6. The highest BCUT2D eigenvalue weighted by atomic mass is 16.7. The molecule has 2 saturated carbocycles. The number of Topliss-reactive ketones (excluding diaryl/α,β-unsaturated/α-hetero) is 6. The summed E-state index contributed by atoms with van der Waals surface area (Å²) in [5.41, 5.74) is 2.31. The Morgan fingerprint density at radius 3 is 1.29 bits per heavy atom. The molecule has 3 unspecified atom stereocenters. The zero-order chi connectivity index (χ0) is 109. The minimum absolute atomic E-state index is 0.0150. The highest BCUT2D eigenvalue weighted by Gasteiger charge is 2.56. The van der Waals surface area contributed by atoms with Crippen molar-refractivity contribution in [3.63, 3.8) is 0 Å². The van der Waals surface area contributed by atoms with Crippen molar-refractivity contribution >= 4 is 76.5 Å². The number of carbonyl (C=O) groups excluding carboxylic acids is 13. The Morgan fingerprint density at radius 2 is 0.885 bits per heavy atom. The van der Waals surface area contributed by atoms with Crippen molar-refractivity contribution in [2.24, 2.45) is 82.9 Å². The number of fused-ring (bicyclic) bond motifs is 6. The van der Waals surface area contributed by atoms with Gasteiger partial charge >= 0.3 is 30.0 Å². The summed E-state index contributed by atoms with van der Waals surface area (Å²) in [7, 11) is 8.79. The summed E-state index contributed by atoms with van der Waals surface area (Å²) in [5.74, 6) is -21.3. The molecule has 4 bridgehead atoms. The van der Waals surface area contributed by atoms with Gasteiger partial charge < -0.3 is 97.1 Å². The second kappa shape index (κ2) is 58.9. The van der Waals surface area contributed by atoms with E-state index in [9.17, 15) is 73.2 Å². The molecule has 5 N–H and O–H groups in total. The fraction of sp³-hybridized carbons (Fsp3) is 0.730. The van der Waals surface area contributed by atoms with Gasteiger partial charge in [0.15, 0.2) is 11.6 Å². The van der Waals surface area contributed by atoms with Crippen LogP contribution in [-0.4, -0.2) is 278 Å². The van der Waals surface area contributed by atoms with Crippen LogP contribution in [0.5, 0.6) is 0 Å². The molecule has 33 atom stereocenters. The normalized spacial score (nSPS) is 37.5. The highest BCUT2D eigenvalue weighted by Crippen LogP contribution is 2.43. The minimum atomic E-state index is -2.55. The number of methoxy groups -OCH3 is 6. The molecule has 6 fully saturated rings. The second-order valence-electron chi connectivity index (χ2n) is 44.3. The molecule has 6 heterocycles. The van der Waals surface area contributed by atoms with Crippen LogP contribution in [0.25, 0.3) is 0 Å². The summed E-state index contributed by atoms with van der Waals surface area (Å²) < 4.78 is 79.1. The van der Waals surface area contributed by atoms with Crippen LogP contribution < -0.4 is 5.32 Å². The maximum Gasteiger partial charge on any atom is 0.408 e. The Balaban J connectivity index is 0.892. The molecule has 4 saturated heterocycles. The number of aliphatic hydroxyl groups is 4. The van der Waals surface area contributed by atoms with E-state index in [0.717, 1.165) is 20.9 Å². The molecular weight excluding hydrogens is 1900 g/mol. The quantitative estimate of drug-likeness (QED) is 0.0433. The van der Waals surface area contributed by atoms with Gasteiger partial charge in [-0.3, -0.25) is 43.2 Å². The number of esters is 4. The van der Waals surface area contributed by atoms with Gasteiger partial charge in [-0.15, -0.1) is 0 Å². The van der Waals surface area contributed by atoms with Gasteiger partial charge in [-0.25, -0.2) is 19.2 Å². The number of aliphatic hydroxyl groups excluding tert-OH is 2. The third-order valence-electron chi connectivity index (χ3n) is 32.7. The molecule has 8 aliphatic rings. The van der Waals surface area contributed by atoms with Gasteiger partial charge in [0.25, 0.3) is 23.4 Å². The maximum atomic E-state index is 15.1. The molecule has 0 aromatic heterocycles. The molecule has 33 heteroatoms. The molecule has 0 spiro atoms. The number of rotatable bonds is 21. The largest absolute Gasteiger partial charge is 0.460 e. The van der Waals surface area contributed by atoms with Crippen LogP contribution in [0.4, 0.5) is 4.79 Å². The zero-order valence-electron chi connectivity index (χ0n) is 91.3. The predicted molar refractivity (Wildman–Crippen MR) is 551 cm³/mol. The topological polar surface area (TPSA) is 441 Å². The first kappa shape index (κ1) is 123. The van der Waals surface area contributed by atoms with Crippen LogP contribution >= 0.6 is 0 Å². The van der Waals surface area contributed by atoms with Gasteiger partial charge in [0.1, 0.15) is 72.9 Å². The first-order valence-corrected chi connectivity index (χ1v) is 54.3. The molecule has 33 nitrogen and oxygen atoms in total. The molecule has 9 rings (SSSR count). The van der Waals surface area contributed by atoms with E-state index in [2.05, 4.69) is 5.32 Å². The lowest BCUT2D eigenvalue weighted by Gasteiger charge is -2.42. The Hall–Kier alpha value is -8.71. The van der Waals surface area contributed by atoms with Gasteiger partial charge in [-0.2, -0.15) is 0 Å². The number of benzene rings is 1. The summed E-state index contributed by atoms with van der Waals surface area (Å²) in [5, 5.41) is 51.0. The number of amides is 3. The first-order chi connectivity index (χ1) is 70.3. The molecule has 0 radical (unpaired) electrons. The first-order valence-electron chi connectivity index (χ1n) is 54.3. The number of nitrogens with zero attached hydrogens (tertiary/aromatic N) is 2. The minimum Gasteiger partial charge on any atom is -0.460 e. The molecule has 2 aliphatic carbocycles. The molecule has 828 valence electrons. The number of hydrogen-bond acceptors (Lipinski definition) is 30. The van der Waals surface area contributed by atoms with Crippen molar-refractivity contribution in [2.75, 3.05) is 55.7 Å². The van der Waals surface area contributed by atoms with Crippen molar-refractivity contribution in [3.8, 4) is 0 Å². The Bertz CT molecular complexity index is 4740. The lowest BCUT2D eigenvalue weighted by Crippen LogP contribution is -2.61. The number of alkyl carbamates (subject to hydrolysis) is 1. The highest BCUT2D eigenvalue weighted by molar-refractivity contribution is 6.39. The Kier molecular flexibility index (Phi) is 48.9. The molecule has 3 amide bonds. The van der Waals surface area contributed by atoms with Gasteiger partial charge in [0, 0.05) is 123 Å². The number of allylic oxidation sites excluding steroid dienone is 10. The van der Waals surface area contributed by atoms with Crippen LogP contribution in [0.1, 0.15) is 282 Å². The second-order valence-corrected chi connectivity index (χ2v) is 44.3. The fourth-order valence-electron chi connectivity index (χ4n) is 23.0. The van der Waals surface area contributed by atoms with E-state index >= 15 is 9.59 Å². The summed E-state index contributed by atoms with van der Waals surface area (Å²) in [6.45, 7) is 25.0.